The molecule has 0 unspecified atom stereocenters. The van der Waals surface area contributed by atoms with Gasteiger partial charge in [-0.3, -0.25) is 4.79 Å². The lowest BCUT2D eigenvalue weighted by Gasteiger charge is -2.65. The second-order valence-corrected chi connectivity index (χ2v) is 8.36. The number of aliphatic hydroxyl groups excluding tert-OH is 1. The fraction of sp³-hybridized carbons (Fsp3) is 0.938. The van der Waals surface area contributed by atoms with Crippen LogP contribution in [0, 0.1) is 22.2 Å². The first-order valence-corrected chi connectivity index (χ1v) is 7.66. The highest BCUT2D eigenvalue weighted by Crippen LogP contribution is 2.69. The summed E-state index contributed by atoms with van der Waals surface area (Å²) >= 11 is 0. The molecule has 4 bridgehead atoms. The summed E-state index contributed by atoms with van der Waals surface area (Å²) in [6.07, 6.45) is 7.17. The summed E-state index contributed by atoms with van der Waals surface area (Å²) in [5, 5.41) is 9.07. The van der Waals surface area contributed by atoms with Gasteiger partial charge in [0.1, 0.15) is 0 Å². The molecule has 19 heavy (non-hydrogen) atoms. The maximum atomic E-state index is 12.9. The molecule has 0 aromatic heterocycles. The van der Waals surface area contributed by atoms with Gasteiger partial charge in [0.05, 0.1) is 12.0 Å². The van der Waals surface area contributed by atoms with Crippen LogP contribution in [-0.4, -0.2) is 36.1 Å². The predicted molar refractivity (Wildman–Crippen MR) is 74.6 cm³/mol. The molecule has 1 amide bonds. The summed E-state index contributed by atoms with van der Waals surface area (Å²) in [5.41, 5.74) is 0.639. The Morgan fingerprint density at radius 3 is 2.21 bits per heavy atom. The molecule has 4 saturated carbocycles. The van der Waals surface area contributed by atoms with E-state index in [1.165, 1.54) is 19.3 Å². The number of likely N-dealkylation sites (N-methyl/N-ethyl adjacent to an activating group) is 1. The smallest absolute Gasteiger partial charge is 0.228 e. The maximum absolute atomic E-state index is 12.9. The largest absolute Gasteiger partial charge is 0.395 e. The third kappa shape index (κ3) is 2.01. The van der Waals surface area contributed by atoms with Crippen LogP contribution < -0.4 is 0 Å². The van der Waals surface area contributed by atoms with Crippen molar-refractivity contribution in [1.82, 2.24) is 4.90 Å². The van der Waals surface area contributed by atoms with Crippen LogP contribution in [0.3, 0.4) is 0 Å². The molecule has 4 fully saturated rings. The first-order chi connectivity index (χ1) is 8.80. The quantitative estimate of drug-likeness (QED) is 0.851. The van der Waals surface area contributed by atoms with Crippen LogP contribution in [0.4, 0.5) is 0 Å². The van der Waals surface area contributed by atoms with Crippen LogP contribution in [-0.2, 0) is 4.79 Å². The topological polar surface area (TPSA) is 40.5 Å². The molecule has 0 aromatic rings. The molecular weight excluding hydrogens is 238 g/mol. The zero-order chi connectivity index (χ0) is 13.9. The van der Waals surface area contributed by atoms with E-state index in [0.29, 0.717) is 23.3 Å². The molecule has 3 heteroatoms. The van der Waals surface area contributed by atoms with E-state index < -0.39 is 0 Å². The Hall–Kier alpha value is -0.570. The number of carbonyl (C=O) groups excluding carboxylic acids is 1. The van der Waals surface area contributed by atoms with Crippen LogP contribution in [0.2, 0.25) is 0 Å². The minimum Gasteiger partial charge on any atom is -0.395 e. The van der Waals surface area contributed by atoms with Crippen molar-refractivity contribution in [2.75, 3.05) is 20.2 Å². The van der Waals surface area contributed by atoms with Gasteiger partial charge >= 0.3 is 0 Å². The summed E-state index contributed by atoms with van der Waals surface area (Å²) in [5.74, 6) is 1.04. The second kappa shape index (κ2) is 3.97. The van der Waals surface area contributed by atoms with E-state index >= 15 is 0 Å². The number of aliphatic hydroxyl groups is 1. The summed E-state index contributed by atoms with van der Waals surface area (Å²) in [6.45, 7) is 5.32. The zero-order valence-corrected chi connectivity index (χ0v) is 12.5. The Kier molecular flexibility index (Phi) is 2.80. The van der Waals surface area contributed by atoms with Gasteiger partial charge in [-0.05, 0) is 55.3 Å². The average Bonchev–Trinajstić information content (AvgIpc) is 2.23. The van der Waals surface area contributed by atoms with Crippen LogP contribution in [0.1, 0.15) is 52.4 Å². The molecule has 0 radical (unpaired) electrons. The molecule has 4 aliphatic rings. The number of hydrogen-bond donors (Lipinski definition) is 1. The molecular formula is C16H27NO2. The first-order valence-electron chi connectivity index (χ1n) is 7.66. The van der Waals surface area contributed by atoms with Crippen LogP contribution in [0.25, 0.3) is 0 Å². The molecule has 0 aromatic carbocycles. The SMILES string of the molecule is CN(CCO)C(=O)C12CC3C[C@](C)(C1)C[C@](C)(C3)C2. The van der Waals surface area contributed by atoms with Crippen molar-refractivity contribution in [3.8, 4) is 0 Å². The Bertz CT molecular complexity index is 388. The van der Waals surface area contributed by atoms with E-state index in [2.05, 4.69) is 13.8 Å². The van der Waals surface area contributed by atoms with Gasteiger partial charge in [-0.2, -0.15) is 0 Å². The zero-order valence-electron chi connectivity index (χ0n) is 12.5. The lowest BCUT2D eigenvalue weighted by molar-refractivity contribution is -0.178. The summed E-state index contributed by atoms with van der Waals surface area (Å²) in [4.78, 5) is 14.6. The van der Waals surface area contributed by atoms with Crippen LogP contribution in [0.15, 0.2) is 0 Å². The maximum Gasteiger partial charge on any atom is 0.228 e. The lowest BCUT2D eigenvalue weighted by atomic mass is 9.40. The van der Waals surface area contributed by atoms with E-state index in [9.17, 15) is 4.79 Å². The van der Waals surface area contributed by atoms with E-state index in [0.717, 1.165) is 25.2 Å². The Balaban J connectivity index is 1.90. The van der Waals surface area contributed by atoms with E-state index in [1.54, 1.807) is 4.90 Å². The molecule has 4 aliphatic carbocycles. The van der Waals surface area contributed by atoms with Gasteiger partial charge in [-0.15, -0.1) is 0 Å². The van der Waals surface area contributed by atoms with Gasteiger partial charge in [-0.25, -0.2) is 0 Å². The minimum absolute atomic E-state index is 0.0658. The number of rotatable bonds is 3. The summed E-state index contributed by atoms with van der Waals surface area (Å²) < 4.78 is 0. The van der Waals surface area contributed by atoms with Gasteiger partial charge < -0.3 is 10.0 Å². The summed E-state index contributed by atoms with van der Waals surface area (Å²) in [6, 6.07) is 0. The van der Waals surface area contributed by atoms with Gasteiger partial charge in [0.15, 0.2) is 0 Å². The highest BCUT2D eigenvalue weighted by atomic mass is 16.3. The molecule has 2 atom stereocenters. The van der Waals surface area contributed by atoms with Crippen molar-refractivity contribution in [1.29, 1.82) is 0 Å². The standard InChI is InChI=1S/C16H27NO2/c1-14-6-12-7-15(2,9-14)11-16(8-12,10-14)13(19)17(3)4-5-18/h12,18H,4-11H2,1-3H3/t12?,14-,15-,16?/m0/s1. The number of amides is 1. The Morgan fingerprint density at radius 1 is 1.16 bits per heavy atom. The number of carbonyl (C=O) groups is 1. The van der Waals surface area contributed by atoms with Gasteiger partial charge in [0, 0.05) is 13.6 Å². The molecule has 0 aliphatic heterocycles. The van der Waals surface area contributed by atoms with Crippen molar-refractivity contribution >= 4 is 5.91 Å². The van der Waals surface area contributed by atoms with Crippen molar-refractivity contribution in [3.05, 3.63) is 0 Å². The van der Waals surface area contributed by atoms with Crippen molar-refractivity contribution in [2.45, 2.75) is 52.4 Å². The molecule has 0 spiro atoms. The van der Waals surface area contributed by atoms with Gasteiger partial charge in [0.25, 0.3) is 0 Å². The van der Waals surface area contributed by atoms with Gasteiger partial charge in [0.2, 0.25) is 5.91 Å². The molecule has 0 saturated heterocycles. The monoisotopic (exact) mass is 265 g/mol. The highest BCUT2D eigenvalue weighted by Gasteiger charge is 2.63. The highest BCUT2D eigenvalue weighted by molar-refractivity contribution is 5.83. The van der Waals surface area contributed by atoms with Crippen LogP contribution in [0.5, 0.6) is 0 Å². The fourth-order valence-electron chi connectivity index (χ4n) is 6.34. The molecule has 3 nitrogen and oxygen atoms in total. The third-order valence-electron chi connectivity index (χ3n) is 5.86. The normalized spacial score (nSPS) is 47.5. The number of nitrogens with zero attached hydrogens (tertiary/aromatic N) is 1. The predicted octanol–water partition coefficient (Wildman–Crippen LogP) is 2.43. The first kappa shape index (κ1) is 13.4. The summed E-state index contributed by atoms with van der Waals surface area (Å²) in [7, 11) is 1.85. The second-order valence-electron chi connectivity index (χ2n) is 8.36. The Labute approximate surface area is 116 Å². The number of hydrogen-bond acceptors (Lipinski definition) is 2. The van der Waals surface area contributed by atoms with E-state index in [-0.39, 0.29) is 12.0 Å². The van der Waals surface area contributed by atoms with Crippen LogP contribution >= 0.6 is 0 Å². The minimum atomic E-state index is -0.118. The molecule has 108 valence electrons. The Morgan fingerprint density at radius 2 is 1.74 bits per heavy atom. The lowest BCUT2D eigenvalue weighted by Crippen LogP contribution is -2.60. The third-order valence-corrected chi connectivity index (χ3v) is 5.86. The average molecular weight is 265 g/mol. The van der Waals surface area contributed by atoms with Crippen molar-refractivity contribution in [2.24, 2.45) is 22.2 Å². The van der Waals surface area contributed by atoms with E-state index in [4.69, 9.17) is 5.11 Å². The molecule has 0 heterocycles. The van der Waals surface area contributed by atoms with E-state index in [1.807, 2.05) is 7.05 Å². The molecule has 1 N–H and O–H groups in total. The fourth-order valence-corrected chi connectivity index (χ4v) is 6.34. The van der Waals surface area contributed by atoms with Crippen molar-refractivity contribution in [3.63, 3.8) is 0 Å². The van der Waals surface area contributed by atoms with Crippen molar-refractivity contribution < 1.29 is 9.90 Å². The molecule has 4 rings (SSSR count). The van der Waals surface area contributed by atoms with Gasteiger partial charge in [-0.1, -0.05) is 13.8 Å².